The van der Waals surface area contributed by atoms with Crippen molar-refractivity contribution in [3.8, 4) is 0 Å². The maximum Gasteiger partial charge on any atom is 0.317 e. The van der Waals surface area contributed by atoms with E-state index in [1.54, 1.807) is 4.90 Å². The molecule has 0 fully saturated rings. The molecule has 4 atom stereocenters. The molecule has 2 amide bonds. The third-order valence-electron chi connectivity index (χ3n) is 11.7. The first-order valence-electron chi connectivity index (χ1n) is 22.9. The second-order valence-electron chi connectivity index (χ2n) is 17.6. The predicted molar refractivity (Wildman–Crippen MR) is 253 cm³/mol. The second kappa shape index (κ2) is 37.2. The molecule has 0 saturated heterocycles. The van der Waals surface area contributed by atoms with Gasteiger partial charge < -0.3 is 47.6 Å². The van der Waals surface area contributed by atoms with Crippen LogP contribution in [0, 0.1) is 63.1 Å². The number of hydrogen-bond donors (Lipinski definition) is 9. The summed E-state index contributed by atoms with van der Waals surface area (Å²) in [6.45, 7) is 27.7. The number of amides is 2. The Hall–Kier alpha value is -2.93. The fraction of sp³-hybridized carbons (Fsp3) is 0.723. The molecular weight excluding hydrogens is 962 g/mol. The Morgan fingerprint density at radius 2 is 1.22 bits per heavy atom. The third-order valence-corrected chi connectivity index (χ3v) is 11.7. The molecule has 0 heterocycles. The molecule has 16 nitrogen and oxygen atoms in total. The predicted octanol–water partition coefficient (Wildman–Crippen LogP) is 4.56. The summed E-state index contributed by atoms with van der Waals surface area (Å²) in [5.74, 6) is -2.96. The first-order valence-corrected chi connectivity index (χ1v) is 22.9. The van der Waals surface area contributed by atoms with Gasteiger partial charge in [0.1, 0.15) is 0 Å². The summed E-state index contributed by atoms with van der Waals surface area (Å²) in [6.07, 6.45) is 9.25. The van der Waals surface area contributed by atoms with Gasteiger partial charge in [-0.2, -0.15) is 0 Å². The van der Waals surface area contributed by atoms with Crippen LogP contribution in [-0.4, -0.2) is 140 Å². The molecule has 17 heteroatoms. The van der Waals surface area contributed by atoms with E-state index in [0.29, 0.717) is 71.4 Å². The molecule has 64 heavy (non-hydrogen) atoms. The van der Waals surface area contributed by atoms with E-state index in [1.165, 1.54) is 5.57 Å². The van der Waals surface area contributed by atoms with Crippen molar-refractivity contribution in [3.05, 3.63) is 48.9 Å². The second-order valence-corrected chi connectivity index (χ2v) is 17.6. The van der Waals surface area contributed by atoms with Crippen LogP contribution in [0.15, 0.2) is 48.9 Å². The minimum absolute atomic E-state index is 0. The largest absolute Gasteiger partial charge is 0.481 e. The average Bonchev–Trinajstić information content (AvgIpc) is 3.22. The molecule has 0 aliphatic carbocycles. The van der Waals surface area contributed by atoms with E-state index in [0.717, 1.165) is 55.5 Å². The average molecular weight is 1050 g/mol. The summed E-state index contributed by atoms with van der Waals surface area (Å²) in [6, 6.07) is 0. The van der Waals surface area contributed by atoms with Gasteiger partial charge in [-0.1, -0.05) is 70.9 Å². The number of carbonyl (C=O) groups excluding carboxylic acids is 2. The molecule has 370 valence electrons. The molecule has 0 bridgehead atoms. The van der Waals surface area contributed by atoms with E-state index in [4.69, 9.17) is 5.73 Å². The molecule has 0 aromatic rings. The Morgan fingerprint density at radius 1 is 0.656 bits per heavy atom. The molecule has 0 aliphatic rings. The zero-order valence-corrected chi connectivity index (χ0v) is 42.2. The maximum atomic E-state index is 13.4. The van der Waals surface area contributed by atoms with Crippen molar-refractivity contribution >= 4 is 29.7 Å². The molecule has 10 N–H and O–H groups in total. The number of allylic oxidation sites excluding steroid dienone is 3. The normalized spacial score (nSPS) is 13.4. The van der Waals surface area contributed by atoms with Crippen molar-refractivity contribution in [2.45, 2.75) is 111 Å². The van der Waals surface area contributed by atoms with Gasteiger partial charge in [0.2, 0.25) is 11.8 Å². The summed E-state index contributed by atoms with van der Waals surface area (Å²) in [4.78, 5) is 64.4. The van der Waals surface area contributed by atoms with Gasteiger partial charge in [0.15, 0.2) is 0 Å². The van der Waals surface area contributed by atoms with Crippen molar-refractivity contribution in [1.29, 1.82) is 0 Å². The fourth-order valence-electron chi connectivity index (χ4n) is 7.34. The molecule has 0 spiro atoms. The molecule has 0 radical (unpaired) electrons. The van der Waals surface area contributed by atoms with Gasteiger partial charge in [0.25, 0.3) is 0 Å². The number of nitrogens with one attached hydrogen (secondary N) is 5. The summed E-state index contributed by atoms with van der Waals surface area (Å²) in [5, 5.41) is 43.8. The Labute approximate surface area is 417 Å². The minimum Gasteiger partial charge on any atom is -0.481 e. The van der Waals surface area contributed by atoms with Gasteiger partial charge in [0.05, 0.1) is 19.6 Å². The number of unbranched alkanes of at least 4 members (excludes halogenated alkanes) is 3. The first kappa shape index (κ1) is 63.2. The van der Waals surface area contributed by atoms with Gasteiger partial charge in [-0.25, -0.2) is 0 Å². The van der Waals surface area contributed by atoms with Crippen LogP contribution in [0.5, 0.6) is 0 Å². The van der Waals surface area contributed by atoms with Gasteiger partial charge in [-0.15, -0.1) is 6.58 Å². The van der Waals surface area contributed by atoms with Crippen molar-refractivity contribution in [2.75, 3.05) is 85.6 Å². The van der Waals surface area contributed by atoms with Crippen molar-refractivity contribution in [1.82, 2.24) is 36.4 Å². The SMILES string of the molecule is C=C(C)CCCCCC(C)C(=C)NCC(=O)NCC(CN)(CNC(=C)CNC)CNC(=O)CCC(=C)C(C)C(CCCCC(=O)O)CCN(CCN(CCC)CC(=O)O)CC(=O)O.[Gd]. The van der Waals surface area contributed by atoms with Crippen LogP contribution in [0.2, 0.25) is 0 Å². The van der Waals surface area contributed by atoms with Crippen LogP contribution >= 0.6 is 0 Å². The Morgan fingerprint density at radius 3 is 1.77 bits per heavy atom. The maximum absolute atomic E-state index is 13.4. The van der Waals surface area contributed by atoms with Gasteiger partial charge in [-0.05, 0) is 96.2 Å². The number of carbonyl (C=O) groups is 5. The summed E-state index contributed by atoms with van der Waals surface area (Å²) in [5.41, 5.74) is 9.25. The minimum atomic E-state index is -0.976. The van der Waals surface area contributed by atoms with Crippen molar-refractivity contribution in [2.24, 2.45) is 28.9 Å². The summed E-state index contributed by atoms with van der Waals surface area (Å²) < 4.78 is 0. The number of nitrogens with zero attached hydrogens (tertiary/aromatic N) is 2. The smallest absolute Gasteiger partial charge is 0.317 e. The van der Waals surface area contributed by atoms with E-state index in [2.05, 4.69) is 59.8 Å². The van der Waals surface area contributed by atoms with Crippen LogP contribution < -0.4 is 32.3 Å². The van der Waals surface area contributed by atoms with Gasteiger partial charge in [0, 0.05) is 115 Å². The number of hydrogen-bond acceptors (Lipinski definition) is 11. The van der Waals surface area contributed by atoms with E-state index in [1.807, 2.05) is 32.7 Å². The number of carboxylic acid groups (broad SMARTS) is 3. The molecular formula is C47H86GdN8O8. The van der Waals surface area contributed by atoms with Crippen LogP contribution in [0.3, 0.4) is 0 Å². The Bertz CT molecular complexity index is 1450. The van der Waals surface area contributed by atoms with Crippen molar-refractivity contribution in [3.63, 3.8) is 0 Å². The molecule has 0 aromatic heterocycles. The number of nitrogens with two attached hydrogens (primary N) is 1. The van der Waals surface area contributed by atoms with Crippen LogP contribution in [-0.2, 0) is 24.0 Å². The van der Waals surface area contributed by atoms with E-state index in [-0.39, 0.29) is 122 Å². The summed E-state index contributed by atoms with van der Waals surface area (Å²) >= 11 is 0. The Kier molecular flexibility index (Phi) is 36.7. The molecule has 0 aromatic carbocycles. The monoisotopic (exact) mass is 1050 g/mol. The van der Waals surface area contributed by atoms with E-state index >= 15 is 0 Å². The fourth-order valence-corrected chi connectivity index (χ4v) is 7.34. The van der Waals surface area contributed by atoms with Crippen LogP contribution in [0.25, 0.3) is 0 Å². The van der Waals surface area contributed by atoms with Crippen molar-refractivity contribution < 1.29 is 79.2 Å². The number of carboxylic acids is 3. The first-order chi connectivity index (χ1) is 29.8. The van der Waals surface area contributed by atoms with Crippen LogP contribution in [0.1, 0.15) is 111 Å². The standard InChI is InChI=1S/C47H86N8O8.Gd/c1-10-23-54(29-45(60)61)25-26-55(30-46(62)63)24-22-41(18-14-15-19-44(58)59)39(7)36(4)20-21-42(56)52-33-47(31-48,32-51-38(6)27-49-9)34-53-43(57)28-50-40(8)37(5)17-13-11-12-16-35(2)3;/h37,39,41,49-51H,2,4,6,8,10-34,48H2,1,3,5,7,9H3,(H,52,56)(H,53,57)(H,58,59)(H,60,61)(H,62,63);. The summed E-state index contributed by atoms with van der Waals surface area (Å²) in [7, 11) is 1.81. The molecule has 0 rings (SSSR count). The van der Waals surface area contributed by atoms with E-state index < -0.39 is 23.3 Å². The van der Waals surface area contributed by atoms with E-state index in [9.17, 15) is 39.3 Å². The number of rotatable bonds is 42. The molecule has 0 saturated carbocycles. The van der Waals surface area contributed by atoms with Crippen LogP contribution in [0.4, 0.5) is 0 Å². The molecule has 4 unspecified atom stereocenters. The number of likely N-dealkylation sites (N-methyl/N-ethyl adjacent to an activating group) is 1. The van der Waals surface area contributed by atoms with Gasteiger partial charge in [-0.3, -0.25) is 33.8 Å². The number of aliphatic carboxylic acids is 3. The Balaban J connectivity index is 0. The quantitative estimate of drug-likeness (QED) is 0.0301. The zero-order valence-electron chi connectivity index (χ0n) is 39.9. The third kappa shape index (κ3) is 31.9. The zero-order chi connectivity index (χ0) is 47.8. The topological polar surface area (TPSA) is 239 Å². The van der Waals surface area contributed by atoms with Gasteiger partial charge >= 0.3 is 17.9 Å². The molecule has 0 aliphatic heterocycles.